The van der Waals surface area contributed by atoms with Gasteiger partial charge in [-0.15, -0.1) is 0 Å². The minimum Gasteiger partial charge on any atom is -0.485 e. The molecule has 1 aromatic carbocycles. The Morgan fingerprint density at radius 1 is 1.26 bits per heavy atom. The van der Waals surface area contributed by atoms with E-state index in [1.54, 1.807) is 0 Å². The molecule has 0 aromatic heterocycles. The third kappa shape index (κ3) is 2.32. The number of benzene rings is 1. The van der Waals surface area contributed by atoms with Gasteiger partial charge in [0.25, 0.3) is 0 Å². The number of hydrogen-bond acceptors (Lipinski definition) is 3. The van der Waals surface area contributed by atoms with Gasteiger partial charge in [-0.2, -0.15) is 0 Å². The third-order valence-electron chi connectivity index (χ3n) is 4.05. The zero-order valence-electron chi connectivity index (χ0n) is 10.8. The Morgan fingerprint density at radius 3 is 2.74 bits per heavy atom. The highest BCUT2D eigenvalue weighted by molar-refractivity contribution is 5.65. The molecule has 1 spiro atoms. The Bertz CT molecular complexity index is 481. The molecule has 0 unspecified atom stereocenters. The molecule has 2 aliphatic heterocycles. The first-order valence-corrected chi connectivity index (χ1v) is 6.68. The van der Waals surface area contributed by atoms with Gasteiger partial charge in [0.2, 0.25) is 0 Å². The van der Waals surface area contributed by atoms with E-state index in [4.69, 9.17) is 9.84 Å². The number of piperidine rings is 1. The number of nitrogens with zero attached hydrogens (tertiary/aromatic N) is 1. The molecule has 2 heterocycles. The van der Waals surface area contributed by atoms with Crippen LogP contribution in [0.1, 0.15) is 19.3 Å². The van der Waals surface area contributed by atoms with E-state index in [-0.39, 0.29) is 5.60 Å². The van der Waals surface area contributed by atoms with Gasteiger partial charge in [0, 0.05) is 38.9 Å². The maximum absolute atomic E-state index is 11.0. The zero-order valence-corrected chi connectivity index (χ0v) is 10.8. The number of rotatable bonds is 0. The molecule has 19 heavy (non-hydrogen) atoms. The van der Waals surface area contributed by atoms with E-state index in [2.05, 4.69) is 5.32 Å². The minimum atomic E-state index is -0.831. The van der Waals surface area contributed by atoms with Crippen LogP contribution in [0.5, 0.6) is 5.75 Å². The quantitative estimate of drug-likeness (QED) is 0.753. The van der Waals surface area contributed by atoms with Crippen molar-refractivity contribution in [2.45, 2.75) is 24.9 Å². The number of amides is 1. The predicted octanol–water partition coefficient (Wildman–Crippen LogP) is 2.39. The van der Waals surface area contributed by atoms with E-state index in [0.717, 1.165) is 37.2 Å². The Labute approximate surface area is 112 Å². The maximum Gasteiger partial charge on any atom is 0.407 e. The van der Waals surface area contributed by atoms with Crippen LogP contribution < -0.4 is 10.1 Å². The summed E-state index contributed by atoms with van der Waals surface area (Å²) in [7, 11) is 0. The summed E-state index contributed by atoms with van der Waals surface area (Å²) in [5, 5.41) is 12.4. The van der Waals surface area contributed by atoms with Crippen LogP contribution >= 0.6 is 0 Å². The van der Waals surface area contributed by atoms with Crippen molar-refractivity contribution in [2.75, 3.05) is 25.0 Å². The van der Waals surface area contributed by atoms with E-state index in [9.17, 15) is 4.79 Å². The maximum atomic E-state index is 11.0. The molecule has 0 saturated carbocycles. The fourth-order valence-corrected chi connectivity index (χ4v) is 2.87. The van der Waals surface area contributed by atoms with Gasteiger partial charge in [-0.05, 0) is 12.1 Å². The number of nitrogens with one attached hydrogen (secondary N) is 1. The van der Waals surface area contributed by atoms with Crippen LogP contribution in [0, 0.1) is 0 Å². The summed E-state index contributed by atoms with van der Waals surface area (Å²) in [6.07, 6.45) is 1.60. The summed E-state index contributed by atoms with van der Waals surface area (Å²) in [6, 6.07) is 7.94. The molecule has 2 aliphatic rings. The Morgan fingerprint density at radius 2 is 2.00 bits per heavy atom. The average Bonchev–Trinajstić information content (AvgIpc) is 2.58. The molecule has 5 heteroatoms. The summed E-state index contributed by atoms with van der Waals surface area (Å²) in [5.74, 6) is 0.878. The summed E-state index contributed by atoms with van der Waals surface area (Å²) in [4.78, 5) is 12.4. The monoisotopic (exact) mass is 262 g/mol. The Balaban J connectivity index is 1.78. The van der Waals surface area contributed by atoms with Gasteiger partial charge in [-0.1, -0.05) is 12.1 Å². The van der Waals surface area contributed by atoms with E-state index >= 15 is 0 Å². The molecule has 0 radical (unpaired) electrons. The zero-order chi connectivity index (χ0) is 13.3. The van der Waals surface area contributed by atoms with Crippen molar-refractivity contribution < 1.29 is 14.6 Å². The van der Waals surface area contributed by atoms with Crippen molar-refractivity contribution in [3.8, 4) is 5.75 Å². The first kappa shape index (κ1) is 12.1. The van der Waals surface area contributed by atoms with Crippen molar-refractivity contribution in [2.24, 2.45) is 0 Å². The molecule has 0 atom stereocenters. The molecule has 3 rings (SSSR count). The average molecular weight is 262 g/mol. The molecule has 0 aliphatic carbocycles. The molecule has 5 nitrogen and oxygen atoms in total. The SMILES string of the molecule is O=C(O)N1CCC2(CCNc3ccccc3O2)CC1. The van der Waals surface area contributed by atoms with Gasteiger partial charge in [0.1, 0.15) is 11.4 Å². The summed E-state index contributed by atoms with van der Waals surface area (Å²) in [5.41, 5.74) is 0.811. The van der Waals surface area contributed by atoms with Crippen molar-refractivity contribution in [1.82, 2.24) is 4.90 Å². The fraction of sp³-hybridized carbons (Fsp3) is 0.500. The second-order valence-corrected chi connectivity index (χ2v) is 5.23. The number of carboxylic acid groups (broad SMARTS) is 1. The molecular formula is C14H18N2O3. The third-order valence-corrected chi connectivity index (χ3v) is 4.05. The largest absolute Gasteiger partial charge is 0.485 e. The van der Waals surface area contributed by atoms with Crippen LogP contribution in [0.2, 0.25) is 0 Å². The van der Waals surface area contributed by atoms with Gasteiger partial charge in [0.15, 0.2) is 0 Å². The van der Waals surface area contributed by atoms with Crippen molar-refractivity contribution in [3.63, 3.8) is 0 Å². The fourth-order valence-electron chi connectivity index (χ4n) is 2.87. The molecule has 2 N–H and O–H groups in total. The lowest BCUT2D eigenvalue weighted by Crippen LogP contribution is -2.49. The smallest absolute Gasteiger partial charge is 0.407 e. The van der Waals surface area contributed by atoms with Crippen LogP contribution in [0.3, 0.4) is 0 Å². The molecule has 1 saturated heterocycles. The molecular weight excluding hydrogens is 244 g/mol. The molecule has 1 amide bonds. The Kier molecular flexibility index (Phi) is 2.97. The van der Waals surface area contributed by atoms with Crippen LogP contribution in [0.4, 0.5) is 10.5 Å². The number of anilines is 1. The highest BCUT2D eigenvalue weighted by Gasteiger charge is 2.39. The van der Waals surface area contributed by atoms with Crippen LogP contribution in [0.25, 0.3) is 0 Å². The van der Waals surface area contributed by atoms with Gasteiger partial charge < -0.3 is 20.1 Å². The number of ether oxygens (including phenoxy) is 1. The lowest BCUT2D eigenvalue weighted by molar-refractivity contribution is 0.00407. The number of likely N-dealkylation sites (tertiary alicyclic amines) is 1. The topological polar surface area (TPSA) is 61.8 Å². The van der Waals surface area contributed by atoms with E-state index in [1.807, 2.05) is 24.3 Å². The molecule has 1 fully saturated rings. The van der Waals surface area contributed by atoms with Crippen LogP contribution in [-0.4, -0.2) is 41.3 Å². The van der Waals surface area contributed by atoms with Gasteiger partial charge >= 0.3 is 6.09 Å². The number of para-hydroxylation sites is 2. The number of hydrogen-bond donors (Lipinski definition) is 2. The lowest BCUT2D eigenvalue weighted by atomic mass is 9.88. The van der Waals surface area contributed by atoms with Crippen molar-refractivity contribution >= 4 is 11.8 Å². The van der Waals surface area contributed by atoms with Gasteiger partial charge in [-0.3, -0.25) is 0 Å². The second kappa shape index (κ2) is 4.64. The normalized spacial score (nSPS) is 20.9. The van der Waals surface area contributed by atoms with E-state index < -0.39 is 6.09 Å². The number of fused-ring (bicyclic) bond motifs is 1. The van der Waals surface area contributed by atoms with Gasteiger partial charge in [0.05, 0.1) is 5.69 Å². The highest BCUT2D eigenvalue weighted by Crippen LogP contribution is 2.37. The second-order valence-electron chi connectivity index (χ2n) is 5.23. The highest BCUT2D eigenvalue weighted by atomic mass is 16.5. The van der Waals surface area contributed by atoms with Crippen LogP contribution in [-0.2, 0) is 0 Å². The first-order chi connectivity index (χ1) is 9.19. The van der Waals surface area contributed by atoms with E-state index in [0.29, 0.717) is 13.1 Å². The van der Waals surface area contributed by atoms with Gasteiger partial charge in [-0.25, -0.2) is 4.79 Å². The summed E-state index contributed by atoms with van der Waals surface area (Å²) in [6.45, 7) is 1.97. The standard InChI is InChI=1S/C14H18N2O3/c17-13(18)16-9-6-14(7-10-16)5-8-15-11-3-1-2-4-12(11)19-14/h1-4,15H,5-10H2,(H,17,18). The molecule has 1 aromatic rings. The van der Waals surface area contributed by atoms with Crippen LogP contribution in [0.15, 0.2) is 24.3 Å². The molecule has 102 valence electrons. The minimum absolute atomic E-state index is 0.217. The van der Waals surface area contributed by atoms with Crippen molar-refractivity contribution in [3.05, 3.63) is 24.3 Å². The summed E-state index contributed by atoms with van der Waals surface area (Å²) < 4.78 is 6.23. The predicted molar refractivity (Wildman–Crippen MR) is 71.7 cm³/mol. The lowest BCUT2D eigenvalue weighted by Gasteiger charge is -2.40. The number of carbonyl (C=O) groups is 1. The first-order valence-electron chi connectivity index (χ1n) is 6.68. The summed E-state index contributed by atoms with van der Waals surface area (Å²) >= 11 is 0. The van der Waals surface area contributed by atoms with Crippen molar-refractivity contribution in [1.29, 1.82) is 0 Å². The molecule has 0 bridgehead atoms. The Hall–Kier alpha value is -1.91. The van der Waals surface area contributed by atoms with E-state index in [1.165, 1.54) is 4.90 Å².